The molecule has 1 aliphatic rings. The van der Waals surface area contributed by atoms with Gasteiger partial charge in [0.15, 0.2) is 6.29 Å². The third-order valence-corrected chi connectivity index (χ3v) is 4.11. The Hall–Kier alpha value is -0.240. The van der Waals surface area contributed by atoms with E-state index in [9.17, 15) is 20.4 Å². The maximum Gasteiger partial charge on any atom is 0.184 e. The molecule has 0 aliphatic carbocycles. The standard InChI is InChI=1S/C16H32O6/c1-2-3-4-5-6-7-8-9-10-21-11-12-13(17)14(18)15(19)16(20)22-12/h12-20H,2-11H2,1H3/t12?,13?,14-,15?,16?/m0/s1. The van der Waals surface area contributed by atoms with Crippen molar-refractivity contribution >= 4 is 0 Å². The quantitative estimate of drug-likeness (QED) is 0.423. The Morgan fingerprint density at radius 1 is 0.773 bits per heavy atom. The molecular formula is C16H32O6. The summed E-state index contributed by atoms with van der Waals surface area (Å²) in [5.41, 5.74) is 0. The average molecular weight is 320 g/mol. The van der Waals surface area contributed by atoms with E-state index in [1.54, 1.807) is 0 Å². The van der Waals surface area contributed by atoms with E-state index < -0.39 is 30.7 Å². The van der Waals surface area contributed by atoms with E-state index in [-0.39, 0.29) is 6.61 Å². The normalized spacial score (nSPS) is 32.3. The van der Waals surface area contributed by atoms with Crippen LogP contribution in [0.15, 0.2) is 0 Å². The molecule has 0 aromatic rings. The number of hydrogen-bond acceptors (Lipinski definition) is 6. The lowest BCUT2D eigenvalue weighted by Crippen LogP contribution is -2.58. The highest BCUT2D eigenvalue weighted by Gasteiger charge is 2.42. The zero-order chi connectivity index (χ0) is 16.4. The van der Waals surface area contributed by atoms with Crippen LogP contribution in [-0.4, -0.2) is 64.3 Å². The molecule has 1 saturated heterocycles. The van der Waals surface area contributed by atoms with Crippen LogP contribution in [0, 0.1) is 0 Å². The Kier molecular flexibility index (Phi) is 10.2. The summed E-state index contributed by atoms with van der Waals surface area (Å²) in [5.74, 6) is 0. The van der Waals surface area contributed by atoms with Crippen LogP contribution >= 0.6 is 0 Å². The van der Waals surface area contributed by atoms with Crippen molar-refractivity contribution in [1.29, 1.82) is 0 Å². The van der Waals surface area contributed by atoms with E-state index in [0.717, 1.165) is 12.8 Å². The van der Waals surface area contributed by atoms with Gasteiger partial charge in [0.05, 0.1) is 6.61 Å². The van der Waals surface area contributed by atoms with Gasteiger partial charge < -0.3 is 29.9 Å². The van der Waals surface area contributed by atoms with Crippen molar-refractivity contribution in [2.75, 3.05) is 13.2 Å². The second-order valence-electron chi connectivity index (χ2n) is 6.09. The lowest BCUT2D eigenvalue weighted by Gasteiger charge is -2.38. The minimum absolute atomic E-state index is 0.0957. The van der Waals surface area contributed by atoms with Gasteiger partial charge in [-0.15, -0.1) is 0 Å². The minimum atomic E-state index is -1.49. The van der Waals surface area contributed by atoms with E-state index in [4.69, 9.17) is 9.47 Å². The van der Waals surface area contributed by atoms with Crippen molar-refractivity contribution in [1.82, 2.24) is 0 Å². The number of aliphatic hydroxyl groups excluding tert-OH is 4. The molecule has 4 unspecified atom stereocenters. The molecule has 132 valence electrons. The zero-order valence-corrected chi connectivity index (χ0v) is 13.6. The summed E-state index contributed by atoms with van der Waals surface area (Å²) in [5, 5.41) is 38.0. The highest BCUT2D eigenvalue weighted by atomic mass is 16.6. The van der Waals surface area contributed by atoms with Crippen LogP contribution in [0.4, 0.5) is 0 Å². The van der Waals surface area contributed by atoms with Crippen molar-refractivity contribution in [2.45, 2.75) is 89.0 Å². The highest BCUT2D eigenvalue weighted by Crippen LogP contribution is 2.20. The lowest BCUT2D eigenvalue weighted by molar-refractivity contribution is -0.288. The van der Waals surface area contributed by atoms with Crippen molar-refractivity contribution < 1.29 is 29.9 Å². The molecule has 0 amide bonds. The Bertz CT molecular complexity index is 275. The van der Waals surface area contributed by atoms with Crippen molar-refractivity contribution in [3.05, 3.63) is 0 Å². The van der Waals surface area contributed by atoms with Crippen LogP contribution in [0.2, 0.25) is 0 Å². The van der Waals surface area contributed by atoms with Gasteiger partial charge in [-0.2, -0.15) is 0 Å². The molecule has 0 aromatic carbocycles. The van der Waals surface area contributed by atoms with Crippen LogP contribution in [0.1, 0.15) is 58.3 Å². The molecule has 6 heteroatoms. The minimum Gasteiger partial charge on any atom is -0.387 e. The molecule has 0 bridgehead atoms. The monoisotopic (exact) mass is 320 g/mol. The molecule has 0 aromatic heterocycles. The second-order valence-corrected chi connectivity index (χ2v) is 6.09. The number of ether oxygens (including phenoxy) is 2. The fraction of sp³-hybridized carbons (Fsp3) is 1.00. The van der Waals surface area contributed by atoms with Crippen molar-refractivity contribution in [3.8, 4) is 0 Å². The maximum absolute atomic E-state index is 9.74. The van der Waals surface area contributed by atoms with Gasteiger partial charge >= 0.3 is 0 Å². The molecule has 0 saturated carbocycles. The first-order valence-electron chi connectivity index (χ1n) is 8.53. The Labute approximate surface area is 133 Å². The predicted molar refractivity (Wildman–Crippen MR) is 82.3 cm³/mol. The largest absolute Gasteiger partial charge is 0.387 e. The van der Waals surface area contributed by atoms with Crippen LogP contribution < -0.4 is 0 Å². The van der Waals surface area contributed by atoms with Crippen LogP contribution in [0.25, 0.3) is 0 Å². The molecule has 1 rings (SSSR count). The van der Waals surface area contributed by atoms with Gasteiger partial charge in [-0.3, -0.25) is 0 Å². The third kappa shape index (κ3) is 6.89. The second kappa shape index (κ2) is 11.3. The average Bonchev–Trinajstić information content (AvgIpc) is 2.51. The van der Waals surface area contributed by atoms with Gasteiger partial charge in [0.1, 0.15) is 24.4 Å². The fourth-order valence-electron chi connectivity index (χ4n) is 2.61. The van der Waals surface area contributed by atoms with Crippen molar-refractivity contribution in [3.63, 3.8) is 0 Å². The molecule has 0 spiro atoms. The van der Waals surface area contributed by atoms with Gasteiger partial charge in [-0.1, -0.05) is 51.9 Å². The molecular weight excluding hydrogens is 288 g/mol. The van der Waals surface area contributed by atoms with Crippen LogP contribution in [0.3, 0.4) is 0 Å². The zero-order valence-electron chi connectivity index (χ0n) is 13.6. The SMILES string of the molecule is CCCCCCCCCCOCC1OC(O)C(O)[C@@H](O)C1O. The molecule has 1 heterocycles. The first kappa shape index (κ1) is 19.8. The van der Waals surface area contributed by atoms with Gasteiger partial charge in [0.25, 0.3) is 0 Å². The van der Waals surface area contributed by atoms with Gasteiger partial charge in [-0.05, 0) is 6.42 Å². The summed E-state index contributed by atoms with van der Waals surface area (Å²) in [4.78, 5) is 0. The van der Waals surface area contributed by atoms with E-state index >= 15 is 0 Å². The lowest BCUT2D eigenvalue weighted by atomic mass is 9.99. The number of rotatable bonds is 11. The highest BCUT2D eigenvalue weighted by molar-refractivity contribution is 4.88. The molecule has 4 N–H and O–H groups in total. The molecule has 1 fully saturated rings. The number of unbranched alkanes of at least 4 members (excludes halogenated alkanes) is 7. The summed E-state index contributed by atoms with van der Waals surface area (Å²) in [6.07, 6.45) is 3.28. The molecule has 5 atom stereocenters. The Balaban J connectivity index is 2.00. The Morgan fingerprint density at radius 3 is 2.00 bits per heavy atom. The summed E-state index contributed by atoms with van der Waals surface area (Å²) in [7, 11) is 0. The van der Waals surface area contributed by atoms with E-state index in [0.29, 0.717) is 6.61 Å². The number of hydrogen-bond donors (Lipinski definition) is 4. The molecule has 22 heavy (non-hydrogen) atoms. The Morgan fingerprint density at radius 2 is 1.36 bits per heavy atom. The summed E-state index contributed by atoms with van der Waals surface area (Å²) in [6, 6.07) is 0. The summed E-state index contributed by atoms with van der Waals surface area (Å²) in [6.45, 7) is 2.87. The smallest absolute Gasteiger partial charge is 0.184 e. The van der Waals surface area contributed by atoms with Gasteiger partial charge in [-0.25, -0.2) is 0 Å². The first-order chi connectivity index (χ1) is 10.6. The summed E-state index contributed by atoms with van der Waals surface area (Å²) >= 11 is 0. The first-order valence-corrected chi connectivity index (χ1v) is 8.53. The fourth-order valence-corrected chi connectivity index (χ4v) is 2.61. The molecule has 1 aliphatic heterocycles. The van der Waals surface area contributed by atoms with Gasteiger partial charge in [0, 0.05) is 6.61 Å². The molecule has 6 nitrogen and oxygen atoms in total. The molecule has 0 radical (unpaired) electrons. The predicted octanol–water partition coefficient (Wildman–Crippen LogP) is 0.944. The van der Waals surface area contributed by atoms with E-state index in [1.807, 2.05) is 0 Å². The topological polar surface area (TPSA) is 99.4 Å². The maximum atomic E-state index is 9.74. The number of aliphatic hydroxyl groups is 4. The van der Waals surface area contributed by atoms with Gasteiger partial charge in [0.2, 0.25) is 0 Å². The summed E-state index contributed by atoms with van der Waals surface area (Å²) < 4.78 is 10.5. The van der Waals surface area contributed by atoms with E-state index in [1.165, 1.54) is 38.5 Å². The van der Waals surface area contributed by atoms with Crippen molar-refractivity contribution in [2.24, 2.45) is 0 Å². The van der Waals surface area contributed by atoms with Crippen LogP contribution in [0.5, 0.6) is 0 Å². The third-order valence-electron chi connectivity index (χ3n) is 4.11. The van der Waals surface area contributed by atoms with Crippen LogP contribution in [-0.2, 0) is 9.47 Å². The van der Waals surface area contributed by atoms with E-state index in [2.05, 4.69) is 6.92 Å².